The van der Waals surface area contributed by atoms with Crippen LogP contribution in [-0.2, 0) is 11.8 Å². The van der Waals surface area contributed by atoms with Gasteiger partial charge in [-0.2, -0.15) is 0 Å². The number of carbonyl (C=O) groups is 2. The maximum absolute atomic E-state index is 13.2. The summed E-state index contributed by atoms with van der Waals surface area (Å²) in [5, 5.41) is 3.06. The number of hydrogen-bond acceptors (Lipinski definition) is 5. The predicted octanol–water partition coefficient (Wildman–Crippen LogP) is 4.49. The molecule has 4 aromatic rings. The minimum absolute atomic E-state index is 0.0356. The number of rotatable bonds is 5. The molecule has 9 heteroatoms. The minimum Gasteiger partial charge on any atom is -0.339 e. The van der Waals surface area contributed by atoms with Gasteiger partial charge in [-0.1, -0.05) is 18.7 Å². The number of thiophene rings is 1. The van der Waals surface area contributed by atoms with Gasteiger partial charge < -0.3 is 14.0 Å². The highest BCUT2D eigenvalue weighted by Crippen LogP contribution is 2.32. The van der Waals surface area contributed by atoms with E-state index in [0.717, 1.165) is 40.9 Å². The van der Waals surface area contributed by atoms with Crippen LogP contribution in [0.5, 0.6) is 0 Å². The van der Waals surface area contributed by atoms with Crippen LogP contribution < -0.4 is 5.32 Å². The van der Waals surface area contributed by atoms with Crippen LogP contribution in [-0.4, -0.2) is 48.9 Å². The average Bonchev–Trinajstić information content (AvgIpc) is 3.53. The van der Waals surface area contributed by atoms with Crippen LogP contribution in [0.3, 0.4) is 0 Å². The van der Waals surface area contributed by atoms with Gasteiger partial charge in [0.15, 0.2) is 0 Å². The first kappa shape index (κ1) is 22.1. The third kappa shape index (κ3) is 4.14. The average molecular weight is 475 g/mol. The Labute approximate surface area is 201 Å². The highest BCUT2D eigenvalue weighted by atomic mass is 32.1. The second-order valence-electron chi connectivity index (χ2n) is 8.42. The number of imidazole rings is 2. The first-order chi connectivity index (χ1) is 16.5. The zero-order valence-corrected chi connectivity index (χ0v) is 19.8. The first-order valence-electron chi connectivity index (χ1n) is 11.3. The van der Waals surface area contributed by atoms with Crippen molar-refractivity contribution >= 4 is 40.1 Å². The van der Waals surface area contributed by atoms with Crippen molar-refractivity contribution in [2.45, 2.75) is 25.3 Å². The molecule has 1 fully saturated rings. The zero-order chi connectivity index (χ0) is 23.7. The molecule has 1 aromatic carbocycles. The van der Waals surface area contributed by atoms with E-state index in [9.17, 15) is 9.59 Å². The lowest BCUT2D eigenvalue weighted by molar-refractivity contribution is -0.125. The molecule has 0 aliphatic carbocycles. The molecule has 1 aliphatic heterocycles. The molecular formula is C25H26N6O2S. The Hall–Kier alpha value is -3.72. The summed E-state index contributed by atoms with van der Waals surface area (Å²) < 4.78 is 4.06. The Morgan fingerprint density at radius 3 is 2.82 bits per heavy atom. The summed E-state index contributed by atoms with van der Waals surface area (Å²) in [4.78, 5) is 37.7. The van der Waals surface area contributed by atoms with Crippen LogP contribution in [0.15, 0.2) is 61.6 Å². The predicted molar refractivity (Wildman–Crippen MR) is 134 cm³/mol. The molecule has 1 N–H and O–H groups in total. The van der Waals surface area contributed by atoms with Crippen molar-refractivity contribution in [2.75, 3.05) is 18.4 Å². The summed E-state index contributed by atoms with van der Waals surface area (Å²) in [5.41, 5.74) is 2.78. The summed E-state index contributed by atoms with van der Waals surface area (Å²) in [5.74, 6) is 0.314. The van der Waals surface area contributed by atoms with Crippen LogP contribution in [0.4, 0.5) is 5.95 Å². The normalized spacial score (nSPS) is 16.4. The second kappa shape index (κ2) is 9.26. The molecule has 0 spiro atoms. The molecule has 0 bridgehead atoms. The number of nitrogens with zero attached hydrogens (tertiary/aromatic N) is 5. The van der Waals surface area contributed by atoms with E-state index in [-0.39, 0.29) is 17.9 Å². The number of hydrogen-bond donors (Lipinski definition) is 1. The van der Waals surface area contributed by atoms with E-state index in [1.807, 2.05) is 52.9 Å². The van der Waals surface area contributed by atoms with Gasteiger partial charge in [-0.15, -0.1) is 11.3 Å². The highest BCUT2D eigenvalue weighted by Gasteiger charge is 2.25. The second-order valence-corrected chi connectivity index (χ2v) is 9.50. The van der Waals surface area contributed by atoms with Crippen molar-refractivity contribution in [1.82, 2.24) is 24.0 Å². The number of amides is 2. The topological polar surface area (TPSA) is 85.0 Å². The molecule has 34 heavy (non-hydrogen) atoms. The molecular weight excluding hydrogens is 448 g/mol. The third-order valence-electron chi connectivity index (χ3n) is 6.27. The largest absolute Gasteiger partial charge is 0.339 e. The van der Waals surface area contributed by atoms with E-state index in [1.165, 1.54) is 17.4 Å². The monoisotopic (exact) mass is 474 g/mol. The van der Waals surface area contributed by atoms with Crippen molar-refractivity contribution in [1.29, 1.82) is 0 Å². The fraction of sp³-hybridized carbons (Fsp3) is 0.280. The lowest BCUT2D eigenvalue weighted by atomic mass is 10.1. The standard InChI is InChI=1S/C25H26N6O2S/c1-3-23(32)30-13-6-7-17(12-14-30)31-19-9-5-4-8-18(19)27-25(31)28-24(33)22-11-10-21(34-22)20-15-26-16-29(20)2/h3-5,8-11,15-17H,1,6-7,12-14H2,2H3,(H,27,28,33)/t17-/m1/s1. The van der Waals surface area contributed by atoms with Gasteiger partial charge in [0.25, 0.3) is 5.91 Å². The number of nitrogens with one attached hydrogen (secondary N) is 1. The molecule has 174 valence electrons. The number of benzene rings is 1. The summed E-state index contributed by atoms with van der Waals surface area (Å²) in [6.45, 7) is 4.97. The lowest BCUT2D eigenvalue weighted by Crippen LogP contribution is -2.30. The van der Waals surface area contributed by atoms with Gasteiger partial charge in [0.05, 0.1) is 39.0 Å². The molecule has 5 rings (SSSR count). The summed E-state index contributed by atoms with van der Waals surface area (Å²) in [6, 6.07) is 11.8. The molecule has 1 aliphatic rings. The number of aryl methyl sites for hydroxylation is 1. The Kier molecular flexibility index (Phi) is 6.02. The summed E-state index contributed by atoms with van der Waals surface area (Å²) in [6.07, 6.45) is 7.47. The van der Waals surface area contributed by atoms with E-state index >= 15 is 0 Å². The van der Waals surface area contributed by atoms with Crippen molar-refractivity contribution in [2.24, 2.45) is 7.05 Å². The molecule has 0 unspecified atom stereocenters. The number of carbonyl (C=O) groups excluding carboxylic acids is 2. The molecule has 1 atom stereocenters. The zero-order valence-electron chi connectivity index (χ0n) is 19.0. The van der Waals surface area contributed by atoms with Crippen molar-refractivity contribution < 1.29 is 9.59 Å². The molecule has 0 saturated carbocycles. The van der Waals surface area contributed by atoms with E-state index < -0.39 is 0 Å². The number of likely N-dealkylation sites (tertiary alicyclic amines) is 1. The number of anilines is 1. The highest BCUT2D eigenvalue weighted by molar-refractivity contribution is 7.17. The van der Waals surface area contributed by atoms with Gasteiger partial charge in [0.1, 0.15) is 0 Å². The lowest BCUT2D eigenvalue weighted by Gasteiger charge is -2.21. The van der Waals surface area contributed by atoms with Crippen LogP contribution in [0.2, 0.25) is 0 Å². The first-order valence-corrected chi connectivity index (χ1v) is 12.1. The number of fused-ring (bicyclic) bond motifs is 1. The maximum Gasteiger partial charge on any atom is 0.268 e. The summed E-state index contributed by atoms with van der Waals surface area (Å²) in [7, 11) is 1.93. The quantitative estimate of drug-likeness (QED) is 0.432. The van der Waals surface area contributed by atoms with Crippen molar-refractivity contribution in [3.8, 4) is 10.6 Å². The van der Waals surface area contributed by atoms with E-state index in [1.54, 1.807) is 12.5 Å². The van der Waals surface area contributed by atoms with Gasteiger partial charge in [-0.3, -0.25) is 14.9 Å². The minimum atomic E-state index is -0.188. The van der Waals surface area contributed by atoms with Gasteiger partial charge in [0, 0.05) is 26.2 Å². The third-order valence-corrected chi connectivity index (χ3v) is 7.38. The van der Waals surface area contributed by atoms with Gasteiger partial charge in [0.2, 0.25) is 11.9 Å². The van der Waals surface area contributed by atoms with Gasteiger partial charge >= 0.3 is 0 Å². The van der Waals surface area contributed by atoms with Gasteiger partial charge in [-0.25, -0.2) is 9.97 Å². The molecule has 4 heterocycles. The molecule has 3 aromatic heterocycles. The molecule has 8 nitrogen and oxygen atoms in total. The summed E-state index contributed by atoms with van der Waals surface area (Å²) >= 11 is 1.43. The number of para-hydroxylation sites is 2. The van der Waals surface area contributed by atoms with E-state index in [0.29, 0.717) is 23.9 Å². The van der Waals surface area contributed by atoms with E-state index in [4.69, 9.17) is 4.98 Å². The van der Waals surface area contributed by atoms with Crippen LogP contribution in [0.1, 0.15) is 35.0 Å². The Morgan fingerprint density at radius 1 is 1.18 bits per heavy atom. The molecule has 0 radical (unpaired) electrons. The Morgan fingerprint density at radius 2 is 2.03 bits per heavy atom. The molecule has 1 saturated heterocycles. The van der Waals surface area contributed by atoms with Crippen LogP contribution in [0.25, 0.3) is 21.6 Å². The SMILES string of the molecule is C=CC(=O)N1CCC[C@@H](n2c(NC(=O)c3ccc(-c4cncn4C)s3)nc3ccccc32)CC1. The number of aromatic nitrogens is 4. The Bertz CT molecular complexity index is 1370. The van der Waals surface area contributed by atoms with E-state index in [2.05, 4.69) is 21.4 Å². The van der Waals surface area contributed by atoms with Gasteiger partial charge in [-0.05, 0) is 49.6 Å². The van der Waals surface area contributed by atoms with Crippen LogP contribution >= 0.6 is 11.3 Å². The Balaban J connectivity index is 1.43. The maximum atomic E-state index is 13.2. The van der Waals surface area contributed by atoms with Crippen molar-refractivity contribution in [3.05, 3.63) is 66.5 Å². The van der Waals surface area contributed by atoms with Crippen molar-refractivity contribution in [3.63, 3.8) is 0 Å². The molecule has 2 amide bonds. The fourth-order valence-corrected chi connectivity index (χ4v) is 5.50. The van der Waals surface area contributed by atoms with Crippen LogP contribution in [0, 0.1) is 0 Å². The smallest absolute Gasteiger partial charge is 0.268 e. The fourth-order valence-electron chi connectivity index (χ4n) is 4.54.